The predicted molar refractivity (Wildman–Crippen MR) is 148 cm³/mol. The quantitative estimate of drug-likeness (QED) is 0.301. The summed E-state index contributed by atoms with van der Waals surface area (Å²) < 4.78 is 6.15. The Morgan fingerprint density at radius 1 is 1.00 bits per heavy atom. The molecule has 3 atom stereocenters. The largest absolute Gasteiger partial charge is 0.496 e. The zero-order chi connectivity index (χ0) is 27.5. The maximum absolute atomic E-state index is 13.1. The fourth-order valence-electron chi connectivity index (χ4n) is 3.62. The lowest BCUT2D eigenvalue weighted by Crippen LogP contribution is -2.54. The number of Topliss-reactive ketones (excluding diaryl/α,β-unsaturated/α-hetero) is 1. The van der Waals surface area contributed by atoms with Gasteiger partial charge in [0.2, 0.25) is 11.8 Å². The molecule has 37 heavy (non-hydrogen) atoms. The minimum atomic E-state index is -1.20. The predicted octanol–water partition coefficient (Wildman–Crippen LogP) is 4.16. The van der Waals surface area contributed by atoms with Crippen LogP contribution in [-0.4, -0.2) is 53.6 Å². The van der Waals surface area contributed by atoms with Crippen molar-refractivity contribution in [1.29, 1.82) is 0 Å². The first kappa shape index (κ1) is 30.4. The number of nitrogens with one attached hydrogen (secondary N) is 2. The Morgan fingerprint density at radius 3 is 2.27 bits per heavy atom. The van der Waals surface area contributed by atoms with Crippen LogP contribution in [0.15, 0.2) is 53.0 Å². The summed E-state index contributed by atoms with van der Waals surface area (Å²) in [7, 11) is 1.51. The van der Waals surface area contributed by atoms with Crippen molar-refractivity contribution < 1.29 is 29.0 Å². The van der Waals surface area contributed by atoms with Gasteiger partial charge in [0, 0.05) is 15.8 Å². The summed E-state index contributed by atoms with van der Waals surface area (Å²) in [6.45, 7) is 5.23. The van der Waals surface area contributed by atoms with Gasteiger partial charge in [-0.2, -0.15) is 0 Å². The number of carboxylic acids is 1. The molecule has 0 aliphatic rings. The molecule has 200 valence electrons. The van der Waals surface area contributed by atoms with Crippen LogP contribution in [0.4, 0.5) is 0 Å². The van der Waals surface area contributed by atoms with E-state index in [1.54, 1.807) is 39.0 Å². The molecule has 0 saturated carbocycles. The van der Waals surface area contributed by atoms with Crippen LogP contribution in [0, 0.1) is 5.92 Å². The van der Waals surface area contributed by atoms with Crippen molar-refractivity contribution in [1.82, 2.24) is 10.6 Å². The van der Waals surface area contributed by atoms with Crippen LogP contribution in [0.3, 0.4) is 0 Å². The molecule has 0 spiro atoms. The minimum Gasteiger partial charge on any atom is -0.496 e. The number of ether oxygens (including phenoxy) is 1. The van der Waals surface area contributed by atoms with E-state index in [-0.39, 0.29) is 11.7 Å². The lowest BCUT2D eigenvalue weighted by Gasteiger charge is -2.26. The van der Waals surface area contributed by atoms with Gasteiger partial charge >= 0.3 is 5.97 Å². The van der Waals surface area contributed by atoms with Crippen molar-refractivity contribution >= 4 is 51.3 Å². The first-order valence-electron chi connectivity index (χ1n) is 11.8. The van der Waals surface area contributed by atoms with E-state index in [2.05, 4.69) is 26.6 Å². The monoisotopic (exact) mass is 592 g/mol. The summed E-state index contributed by atoms with van der Waals surface area (Å²) in [5.74, 6) is -2.37. The molecule has 0 unspecified atom stereocenters. The number of carboxylic acid groups (broad SMARTS) is 1. The normalized spacial score (nSPS) is 13.4. The summed E-state index contributed by atoms with van der Waals surface area (Å²) in [6, 6.07) is 12.7. The zero-order valence-electron chi connectivity index (χ0n) is 21.3. The van der Waals surface area contributed by atoms with Crippen LogP contribution in [-0.2, 0) is 24.9 Å². The zero-order valence-corrected chi connectivity index (χ0v) is 23.7. The van der Waals surface area contributed by atoms with E-state index < -0.39 is 48.0 Å². The Hall–Kier alpha value is -2.85. The summed E-state index contributed by atoms with van der Waals surface area (Å²) >= 11 is 4.75. The van der Waals surface area contributed by atoms with Gasteiger partial charge in [-0.25, -0.2) is 0 Å². The van der Waals surface area contributed by atoms with Gasteiger partial charge in [0.1, 0.15) is 11.8 Å². The fraction of sp³-hybridized carbons (Fsp3) is 0.407. The van der Waals surface area contributed by atoms with Gasteiger partial charge in [0.15, 0.2) is 5.78 Å². The number of halogens is 1. The molecule has 10 heteroatoms. The Labute approximate surface area is 230 Å². The molecule has 0 saturated heterocycles. The summed E-state index contributed by atoms with van der Waals surface area (Å²) in [4.78, 5) is 50.4. The Bertz CT molecular complexity index is 1100. The van der Waals surface area contributed by atoms with E-state index in [1.807, 2.05) is 30.3 Å². The lowest BCUT2D eigenvalue weighted by atomic mass is 9.96. The second-order valence-corrected chi connectivity index (χ2v) is 10.8. The highest BCUT2D eigenvalue weighted by Crippen LogP contribution is 2.30. The number of hydrogen-bond donors (Lipinski definition) is 3. The first-order valence-corrected chi connectivity index (χ1v) is 13.8. The first-order chi connectivity index (χ1) is 17.5. The number of thioether (sulfide) groups is 1. The number of benzene rings is 2. The van der Waals surface area contributed by atoms with Gasteiger partial charge in [0.05, 0.1) is 31.2 Å². The van der Waals surface area contributed by atoms with Gasteiger partial charge < -0.3 is 20.5 Å². The average Bonchev–Trinajstić information content (AvgIpc) is 2.86. The van der Waals surface area contributed by atoms with E-state index >= 15 is 0 Å². The third-order valence-electron chi connectivity index (χ3n) is 5.74. The highest BCUT2D eigenvalue weighted by atomic mass is 79.9. The van der Waals surface area contributed by atoms with Gasteiger partial charge in [-0.05, 0) is 36.6 Å². The SMILES string of the molecule is COc1ccc(Br)cc1[C@H](C)C(=O)N[C@H](C(=O)N[C@@H](CC(=O)O)C(=O)CSCc1ccccc1)C(C)C. The molecule has 2 rings (SSSR count). The molecular weight excluding hydrogens is 560 g/mol. The molecule has 0 fully saturated rings. The molecule has 2 amide bonds. The van der Waals surface area contributed by atoms with Crippen LogP contribution in [0.5, 0.6) is 5.75 Å². The maximum atomic E-state index is 13.1. The molecule has 0 aliphatic heterocycles. The van der Waals surface area contributed by atoms with E-state index in [9.17, 15) is 24.3 Å². The van der Waals surface area contributed by atoms with Gasteiger partial charge in [0.25, 0.3) is 0 Å². The molecule has 0 radical (unpaired) electrons. The van der Waals surface area contributed by atoms with Crippen molar-refractivity contribution in [3.63, 3.8) is 0 Å². The molecule has 8 nitrogen and oxygen atoms in total. The highest BCUT2D eigenvalue weighted by Gasteiger charge is 2.31. The Kier molecular flexibility index (Phi) is 12.1. The van der Waals surface area contributed by atoms with Crippen LogP contribution in [0.25, 0.3) is 0 Å². The molecular formula is C27H33BrN2O6S. The van der Waals surface area contributed by atoms with Gasteiger partial charge in [-0.1, -0.05) is 60.1 Å². The van der Waals surface area contributed by atoms with Crippen molar-refractivity contribution in [3.8, 4) is 5.75 Å². The van der Waals surface area contributed by atoms with Crippen LogP contribution < -0.4 is 15.4 Å². The van der Waals surface area contributed by atoms with E-state index in [0.29, 0.717) is 17.1 Å². The number of carbonyl (C=O) groups excluding carboxylic acids is 3. The number of amides is 2. The van der Waals surface area contributed by atoms with Crippen molar-refractivity contribution in [3.05, 3.63) is 64.1 Å². The second-order valence-electron chi connectivity index (χ2n) is 8.94. The number of carbonyl (C=O) groups is 4. The number of methoxy groups -OCH3 is 1. The molecule has 3 N–H and O–H groups in total. The van der Waals surface area contributed by atoms with E-state index in [4.69, 9.17) is 4.74 Å². The lowest BCUT2D eigenvalue weighted by molar-refractivity contribution is -0.140. The van der Waals surface area contributed by atoms with Gasteiger partial charge in [-0.15, -0.1) is 11.8 Å². The molecule has 0 aromatic heterocycles. The second kappa shape index (κ2) is 14.8. The van der Waals surface area contributed by atoms with E-state index in [1.165, 1.54) is 18.9 Å². The number of aliphatic carboxylic acids is 1. The van der Waals surface area contributed by atoms with Crippen molar-refractivity contribution in [2.75, 3.05) is 12.9 Å². The minimum absolute atomic E-state index is 0.0472. The van der Waals surface area contributed by atoms with Crippen LogP contribution in [0.1, 0.15) is 44.2 Å². The highest BCUT2D eigenvalue weighted by molar-refractivity contribution is 9.10. The summed E-state index contributed by atoms with van der Waals surface area (Å²) in [5, 5.41) is 14.6. The number of ketones is 1. The van der Waals surface area contributed by atoms with Crippen LogP contribution >= 0.6 is 27.7 Å². The average molecular weight is 594 g/mol. The summed E-state index contributed by atoms with van der Waals surface area (Å²) in [5.41, 5.74) is 1.68. The fourth-order valence-corrected chi connectivity index (χ4v) is 4.94. The van der Waals surface area contributed by atoms with Crippen molar-refractivity contribution in [2.45, 2.75) is 50.9 Å². The van der Waals surface area contributed by atoms with Gasteiger partial charge in [-0.3, -0.25) is 19.2 Å². The number of hydrogen-bond acceptors (Lipinski definition) is 6. The molecule has 0 heterocycles. The molecule has 0 aliphatic carbocycles. The standard InChI is InChI=1S/C27H33BrN2O6S/c1-16(2)25(30-26(34)17(3)20-12-19(28)10-11-23(20)36-4)27(35)29-21(13-24(32)33)22(31)15-37-14-18-8-6-5-7-9-18/h5-12,16-17,21,25H,13-15H2,1-4H3,(H,29,35)(H,30,34)(H,32,33)/t17-,21-,25-/m0/s1. The summed E-state index contributed by atoms with van der Waals surface area (Å²) in [6.07, 6.45) is -0.541. The molecule has 2 aromatic carbocycles. The Balaban J connectivity index is 2.08. The topological polar surface area (TPSA) is 122 Å². The Morgan fingerprint density at radius 2 is 1.68 bits per heavy atom. The maximum Gasteiger partial charge on any atom is 0.305 e. The molecule has 2 aromatic rings. The molecule has 0 bridgehead atoms. The third-order valence-corrected chi connectivity index (χ3v) is 7.26. The number of rotatable bonds is 14. The smallest absolute Gasteiger partial charge is 0.305 e. The van der Waals surface area contributed by atoms with Crippen LogP contribution in [0.2, 0.25) is 0 Å². The van der Waals surface area contributed by atoms with Crippen molar-refractivity contribution in [2.24, 2.45) is 5.92 Å². The third kappa shape index (κ3) is 9.51. The van der Waals surface area contributed by atoms with E-state index in [0.717, 1.165) is 10.0 Å².